The Morgan fingerprint density at radius 3 is 2.43 bits per heavy atom. The van der Waals surface area contributed by atoms with Gasteiger partial charge >= 0.3 is 0 Å². The van der Waals surface area contributed by atoms with E-state index in [2.05, 4.69) is 30.8 Å². The number of nitrogens with zero attached hydrogens (tertiary/aromatic N) is 3. The molecule has 0 spiro atoms. The number of aryl methyl sites for hydroxylation is 1. The number of rotatable bonds is 3. The standard InChI is InChI=1S/C10H20N4/c1-6-13(4)10-8(11)9(7(2)3)12-14(10)5/h7H,6,11H2,1-5H3. The minimum Gasteiger partial charge on any atom is -0.394 e. The fourth-order valence-electron chi connectivity index (χ4n) is 1.58. The molecule has 80 valence electrons. The van der Waals surface area contributed by atoms with Crippen LogP contribution in [0.5, 0.6) is 0 Å². The Bertz CT molecular complexity index is 314. The van der Waals surface area contributed by atoms with Crippen molar-refractivity contribution in [3.05, 3.63) is 5.69 Å². The Labute approximate surface area is 85.7 Å². The summed E-state index contributed by atoms with van der Waals surface area (Å²) in [5.74, 6) is 1.39. The van der Waals surface area contributed by atoms with Gasteiger partial charge in [-0.1, -0.05) is 13.8 Å². The zero-order valence-electron chi connectivity index (χ0n) is 9.70. The second kappa shape index (κ2) is 3.90. The van der Waals surface area contributed by atoms with Crippen molar-refractivity contribution in [2.45, 2.75) is 26.7 Å². The molecule has 0 amide bonds. The summed E-state index contributed by atoms with van der Waals surface area (Å²) in [6.07, 6.45) is 0. The largest absolute Gasteiger partial charge is 0.394 e. The first-order chi connectivity index (χ1) is 6.49. The van der Waals surface area contributed by atoms with Gasteiger partial charge in [-0.15, -0.1) is 0 Å². The summed E-state index contributed by atoms with van der Waals surface area (Å²) >= 11 is 0. The monoisotopic (exact) mass is 196 g/mol. The predicted molar refractivity (Wildman–Crippen MR) is 60.7 cm³/mol. The summed E-state index contributed by atoms with van der Waals surface area (Å²) < 4.78 is 1.86. The maximum Gasteiger partial charge on any atom is 0.150 e. The van der Waals surface area contributed by atoms with Crippen molar-refractivity contribution in [1.29, 1.82) is 0 Å². The lowest BCUT2D eigenvalue weighted by Gasteiger charge is -2.17. The summed E-state index contributed by atoms with van der Waals surface area (Å²) in [4.78, 5) is 2.11. The summed E-state index contributed by atoms with van der Waals surface area (Å²) in [6.45, 7) is 7.24. The van der Waals surface area contributed by atoms with Gasteiger partial charge in [-0.25, -0.2) is 0 Å². The van der Waals surface area contributed by atoms with Crippen molar-refractivity contribution in [2.24, 2.45) is 7.05 Å². The van der Waals surface area contributed by atoms with Crippen LogP contribution in [0.15, 0.2) is 0 Å². The molecule has 1 heterocycles. The van der Waals surface area contributed by atoms with E-state index >= 15 is 0 Å². The first-order valence-electron chi connectivity index (χ1n) is 5.02. The molecule has 0 bridgehead atoms. The molecular weight excluding hydrogens is 176 g/mol. The van der Waals surface area contributed by atoms with Crippen molar-refractivity contribution < 1.29 is 0 Å². The lowest BCUT2D eigenvalue weighted by atomic mass is 10.1. The second-order valence-electron chi connectivity index (χ2n) is 3.92. The molecule has 0 unspecified atom stereocenters. The third kappa shape index (κ3) is 1.69. The number of hydrogen-bond donors (Lipinski definition) is 1. The Hall–Kier alpha value is -1.19. The van der Waals surface area contributed by atoms with Crippen LogP contribution in [-0.4, -0.2) is 23.4 Å². The van der Waals surface area contributed by atoms with E-state index in [1.54, 1.807) is 0 Å². The molecule has 0 aliphatic rings. The molecule has 2 N–H and O–H groups in total. The number of hydrogen-bond acceptors (Lipinski definition) is 3. The number of aromatic nitrogens is 2. The van der Waals surface area contributed by atoms with Crippen LogP contribution < -0.4 is 10.6 Å². The van der Waals surface area contributed by atoms with Gasteiger partial charge in [0.2, 0.25) is 0 Å². The molecule has 4 heteroatoms. The van der Waals surface area contributed by atoms with E-state index in [4.69, 9.17) is 5.73 Å². The van der Waals surface area contributed by atoms with Gasteiger partial charge in [-0.2, -0.15) is 5.10 Å². The Balaban J connectivity index is 3.17. The summed E-state index contributed by atoms with van der Waals surface area (Å²) in [7, 11) is 3.96. The average molecular weight is 196 g/mol. The SMILES string of the molecule is CCN(C)c1c(N)c(C(C)C)nn1C. The van der Waals surface area contributed by atoms with E-state index in [0.717, 1.165) is 23.7 Å². The molecule has 0 aliphatic carbocycles. The predicted octanol–water partition coefficient (Wildman–Crippen LogP) is 1.58. The molecule has 0 atom stereocenters. The fraction of sp³-hybridized carbons (Fsp3) is 0.700. The van der Waals surface area contributed by atoms with E-state index in [1.165, 1.54) is 0 Å². The molecule has 0 fully saturated rings. The zero-order chi connectivity index (χ0) is 10.9. The Kier molecular flexibility index (Phi) is 3.03. The van der Waals surface area contributed by atoms with Crippen LogP contribution in [0.2, 0.25) is 0 Å². The first kappa shape index (κ1) is 10.9. The van der Waals surface area contributed by atoms with Crippen LogP contribution in [-0.2, 0) is 7.05 Å². The van der Waals surface area contributed by atoms with Crippen molar-refractivity contribution in [2.75, 3.05) is 24.2 Å². The summed E-state index contributed by atoms with van der Waals surface area (Å²) in [5.41, 5.74) is 7.86. The van der Waals surface area contributed by atoms with Crippen molar-refractivity contribution >= 4 is 11.5 Å². The van der Waals surface area contributed by atoms with Crippen molar-refractivity contribution in [1.82, 2.24) is 9.78 Å². The van der Waals surface area contributed by atoms with Gasteiger partial charge in [-0.3, -0.25) is 4.68 Å². The molecule has 1 rings (SSSR count). The second-order valence-corrected chi connectivity index (χ2v) is 3.92. The van der Waals surface area contributed by atoms with Gasteiger partial charge in [0, 0.05) is 20.6 Å². The lowest BCUT2D eigenvalue weighted by Crippen LogP contribution is -2.20. The quantitative estimate of drug-likeness (QED) is 0.798. The van der Waals surface area contributed by atoms with Crippen LogP contribution in [0.25, 0.3) is 0 Å². The maximum absolute atomic E-state index is 6.06. The summed E-state index contributed by atoms with van der Waals surface area (Å²) in [5, 5.41) is 4.43. The molecular formula is C10H20N4. The highest BCUT2D eigenvalue weighted by atomic mass is 15.4. The molecule has 1 aromatic heterocycles. The first-order valence-corrected chi connectivity index (χ1v) is 5.02. The highest BCUT2D eigenvalue weighted by molar-refractivity contribution is 5.66. The molecule has 0 aliphatic heterocycles. The molecule has 14 heavy (non-hydrogen) atoms. The molecule has 0 saturated carbocycles. The topological polar surface area (TPSA) is 47.1 Å². The van der Waals surface area contributed by atoms with Crippen LogP contribution in [0.3, 0.4) is 0 Å². The Morgan fingerprint density at radius 2 is 2.07 bits per heavy atom. The van der Waals surface area contributed by atoms with Crippen molar-refractivity contribution in [3.63, 3.8) is 0 Å². The van der Waals surface area contributed by atoms with E-state index in [-0.39, 0.29) is 0 Å². The van der Waals surface area contributed by atoms with Gasteiger partial charge in [0.05, 0.1) is 11.4 Å². The number of anilines is 2. The van der Waals surface area contributed by atoms with Gasteiger partial charge in [0.1, 0.15) is 5.82 Å². The van der Waals surface area contributed by atoms with E-state index in [9.17, 15) is 0 Å². The van der Waals surface area contributed by atoms with Gasteiger partial charge in [0.25, 0.3) is 0 Å². The fourth-order valence-corrected chi connectivity index (χ4v) is 1.58. The highest BCUT2D eigenvalue weighted by Crippen LogP contribution is 2.29. The zero-order valence-corrected chi connectivity index (χ0v) is 9.70. The highest BCUT2D eigenvalue weighted by Gasteiger charge is 2.17. The smallest absolute Gasteiger partial charge is 0.150 e. The van der Waals surface area contributed by atoms with Gasteiger partial charge in [0.15, 0.2) is 0 Å². The molecule has 0 saturated heterocycles. The van der Waals surface area contributed by atoms with E-state index in [0.29, 0.717) is 5.92 Å². The number of nitrogen functional groups attached to an aromatic ring is 1. The Morgan fingerprint density at radius 1 is 1.50 bits per heavy atom. The van der Waals surface area contributed by atoms with Crippen LogP contribution in [0.4, 0.5) is 11.5 Å². The van der Waals surface area contributed by atoms with E-state index in [1.807, 2.05) is 18.8 Å². The van der Waals surface area contributed by atoms with Crippen LogP contribution >= 0.6 is 0 Å². The molecule has 0 radical (unpaired) electrons. The van der Waals surface area contributed by atoms with E-state index < -0.39 is 0 Å². The van der Waals surface area contributed by atoms with Gasteiger partial charge < -0.3 is 10.6 Å². The molecule has 1 aromatic rings. The number of nitrogens with two attached hydrogens (primary N) is 1. The third-order valence-corrected chi connectivity index (χ3v) is 2.46. The summed E-state index contributed by atoms with van der Waals surface area (Å²) in [6, 6.07) is 0. The third-order valence-electron chi connectivity index (χ3n) is 2.46. The lowest BCUT2D eigenvalue weighted by molar-refractivity contribution is 0.702. The molecule has 0 aromatic carbocycles. The molecule has 4 nitrogen and oxygen atoms in total. The normalized spacial score (nSPS) is 11.0. The van der Waals surface area contributed by atoms with Crippen LogP contribution in [0.1, 0.15) is 32.4 Å². The minimum atomic E-state index is 0.375. The van der Waals surface area contributed by atoms with Crippen molar-refractivity contribution in [3.8, 4) is 0 Å². The maximum atomic E-state index is 6.06. The van der Waals surface area contributed by atoms with Crippen LogP contribution in [0, 0.1) is 0 Å². The van der Waals surface area contributed by atoms with Gasteiger partial charge in [-0.05, 0) is 12.8 Å². The minimum absolute atomic E-state index is 0.375. The average Bonchev–Trinajstić information content (AvgIpc) is 2.41.